The van der Waals surface area contributed by atoms with Gasteiger partial charge in [-0.25, -0.2) is 4.39 Å². The summed E-state index contributed by atoms with van der Waals surface area (Å²) in [7, 11) is 0. The molecule has 88 valence electrons. The first kappa shape index (κ1) is 12.3. The number of rotatable bonds is 2. The number of ether oxygens (including phenoxy) is 1. The van der Waals surface area contributed by atoms with Crippen LogP contribution in [0.5, 0.6) is 11.5 Å². The fraction of sp³-hybridized carbons (Fsp3) is 0.0833. The summed E-state index contributed by atoms with van der Waals surface area (Å²) in [4.78, 5) is 3.97. The molecule has 0 unspecified atom stereocenters. The highest BCUT2D eigenvalue weighted by Gasteiger charge is 2.09. The number of hydrogen-bond acceptors (Lipinski definition) is 2. The number of halogens is 3. The molecule has 0 saturated heterocycles. The quantitative estimate of drug-likeness (QED) is 0.798. The first-order chi connectivity index (χ1) is 8.08. The average molecular weight is 317 g/mol. The van der Waals surface area contributed by atoms with E-state index >= 15 is 0 Å². The predicted molar refractivity (Wildman–Crippen MR) is 68.2 cm³/mol. The summed E-state index contributed by atoms with van der Waals surface area (Å²) in [6.45, 7) is 1.86. The van der Waals surface area contributed by atoms with E-state index in [1.807, 2.05) is 6.92 Å². The van der Waals surface area contributed by atoms with Gasteiger partial charge in [0.15, 0.2) is 11.6 Å². The molecule has 2 nitrogen and oxygen atoms in total. The molecule has 0 bridgehead atoms. The van der Waals surface area contributed by atoms with Crippen molar-refractivity contribution in [1.29, 1.82) is 0 Å². The van der Waals surface area contributed by atoms with Crippen molar-refractivity contribution in [2.24, 2.45) is 0 Å². The fourth-order valence-corrected chi connectivity index (χ4v) is 1.73. The van der Waals surface area contributed by atoms with Crippen molar-refractivity contribution in [3.63, 3.8) is 0 Å². The van der Waals surface area contributed by atoms with E-state index in [0.717, 1.165) is 10.0 Å². The standard InChI is InChI=1S/C12H8BrClFNO/c1-7-9(13)5-16-6-12(7)17-11-3-2-8(14)4-10(11)15/h2-6H,1H3. The second kappa shape index (κ2) is 5.02. The normalized spacial score (nSPS) is 10.4. The molecular weight excluding hydrogens is 308 g/mol. The van der Waals surface area contributed by atoms with E-state index in [1.165, 1.54) is 18.3 Å². The lowest BCUT2D eigenvalue weighted by molar-refractivity contribution is 0.437. The summed E-state index contributed by atoms with van der Waals surface area (Å²) in [5, 5.41) is 0.332. The smallest absolute Gasteiger partial charge is 0.167 e. The van der Waals surface area contributed by atoms with Gasteiger partial charge in [0.05, 0.1) is 6.20 Å². The van der Waals surface area contributed by atoms with E-state index < -0.39 is 5.82 Å². The zero-order chi connectivity index (χ0) is 12.4. The van der Waals surface area contributed by atoms with E-state index in [0.29, 0.717) is 10.8 Å². The Labute approximate surface area is 112 Å². The van der Waals surface area contributed by atoms with Crippen LogP contribution in [0.2, 0.25) is 5.02 Å². The van der Waals surface area contributed by atoms with Crippen molar-refractivity contribution >= 4 is 27.5 Å². The van der Waals surface area contributed by atoms with Gasteiger partial charge < -0.3 is 4.74 Å². The van der Waals surface area contributed by atoms with Gasteiger partial charge in [0.25, 0.3) is 0 Å². The molecule has 0 fully saturated rings. The number of hydrogen-bond donors (Lipinski definition) is 0. The Kier molecular flexibility index (Phi) is 3.64. The van der Waals surface area contributed by atoms with Gasteiger partial charge in [-0.1, -0.05) is 11.6 Å². The Morgan fingerprint density at radius 1 is 1.29 bits per heavy atom. The van der Waals surface area contributed by atoms with Crippen molar-refractivity contribution < 1.29 is 9.13 Å². The second-order valence-electron chi connectivity index (χ2n) is 3.42. The van der Waals surface area contributed by atoms with Crippen LogP contribution < -0.4 is 4.74 Å². The molecule has 0 amide bonds. The molecule has 1 aromatic heterocycles. The molecule has 0 aliphatic carbocycles. The average Bonchev–Trinajstić information content (AvgIpc) is 2.28. The maximum Gasteiger partial charge on any atom is 0.167 e. The van der Waals surface area contributed by atoms with Crippen LogP contribution in [0.4, 0.5) is 4.39 Å². The molecule has 0 radical (unpaired) electrons. The Morgan fingerprint density at radius 2 is 2.06 bits per heavy atom. The van der Waals surface area contributed by atoms with E-state index in [1.54, 1.807) is 12.3 Å². The van der Waals surface area contributed by atoms with E-state index in [9.17, 15) is 4.39 Å². The molecule has 0 atom stereocenters. The summed E-state index contributed by atoms with van der Waals surface area (Å²) < 4.78 is 19.8. The number of benzene rings is 1. The molecule has 2 rings (SSSR count). The minimum Gasteiger partial charge on any atom is -0.452 e. The van der Waals surface area contributed by atoms with Crippen LogP contribution >= 0.6 is 27.5 Å². The molecular formula is C12H8BrClFNO. The van der Waals surface area contributed by atoms with Gasteiger partial charge in [-0.05, 0) is 41.1 Å². The third-order valence-corrected chi connectivity index (χ3v) is 3.26. The van der Waals surface area contributed by atoms with Crippen LogP contribution in [0.1, 0.15) is 5.56 Å². The molecule has 0 N–H and O–H groups in total. The maximum absolute atomic E-state index is 13.5. The third kappa shape index (κ3) is 2.76. The van der Waals surface area contributed by atoms with Crippen LogP contribution in [0, 0.1) is 12.7 Å². The molecule has 2 aromatic rings. The largest absolute Gasteiger partial charge is 0.452 e. The van der Waals surface area contributed by atoms with E-state index in [-0.39, 0.29) is 5.75 Å². The maximum atomic E-state index is 13.5. The van der Waals surface area contributed by atoms with E-state index in [4.69, 9.17) is 16.3 Å². The molecule has 0 aliphatic rings. The Hall–Kier alpha value is -1.13. The van der Waals surface area contributed by atoms with Gasteiger partial charge >= 0.3 is 0 Å². The highest BCUT2D eigenvalue weighted by atomic mass is 79.9. The number of aromatic nitrogens is 1. The van der Waals surface area contributed by atoms with Gasteiger partial charge in [0, 0.05) is 21.3 Å². The van der Waals surface area contributed by atoms with Crippen LogP contribution in [0.25, 0.3) is 0 Å². The first-order valence-corrected chi connectivity index (χ1v) is 5.98. The zero-order valence-corrected chi connectivity index (χ0v) is 11.2. The Bertz CT molecular complexity index is 562. The van der Waals surface area contributed by atoms with Crippen molar-refractivity contribution in [3.05, 3.63) is 51.5 Å². The minimum absolute atomic E-state index is 0.123. The van der Waals surface area contributed by atoms with Crippen LogP contribution in [-0.4, -0.2) is 4.98 Å². The van der Waals surface area contributed by atoms with Gasteiger partial charge in [-0.2, -0.15) is 0 Å². The zero-order valence-electron chi connectivity index (χ0n) is 8.88. The summed E-state index contributed by atoms with van der Waals surface area (Å²) >= 11 is 8.99. The topological polar surface area (TPSA) is 22.1 Å². The highest BCUT2D eigenvalue weighted by Crippen LogP contribution is 2.30. The van der Waals surface area contributed by atoms with Crippen LogP contribution in [0.3, 0.4) is 0 Å². The van der Waals surface area contributed by atoms with Crippen molar-refractivity contribution in [1.82, 2.24) is 4.98 Å². The summed E-state index contributed by atoms with van der Waals surface area (Å²) in [6.07, 6.45) is 3.19. The minimum atomic E-state index is -0.503. The third-order valence-electron chi connectivity index (χ3n) is 2.22. The molecule has 1 aromatic carbocycles. The summed E-state index contributed by atoms with van der Waals surface area (Å²) in [5.74, 6) is 0.120. The highest BCUT2D eigenvalue weighted by molar-refractivity contribution is 9.10. The lowest BCUT2D eigenvalue weighted by Crippen LogP contribution is -1.92. The lowest BCUT2D eigenvalue weighted by Gasteiger charge is -2.09. The monoisotopic (exact) mass is 315 g/mol. The summed E-state index contributed by atoms with van der Waals surface area (Å²) in [5.41, 5.74) is 0.856. The molecule has 5 heteroatoms. The fourth-order valence-electron chi connectivity index (χ4n) is 1.26. The molecule has 1 heterocycles. The SMILES string of the molecule is Cc1c(Br)cncc1Oc1ccc(Cl)cc1F. The van der Waals surface area contributed by atoms with Crippen molar-refractivity contribution in [3.8, 4) is 11.5 Å². The molecule has 0 saturated carbocycles. The molecule has 0 spiro atoms. The Morgan fingerprint density at radius 3 is 2.76 bits per heavy atom. The van der Waals surface area contributed by atoms with Gasteiger partial charge in [-0.15, -0.1) is 0 Å². The molecule has 0 aliphatic heterocycles. The van der Waals surface area contributed by atoms with Crippen molar-refractivity contribution in [2.75, 3.05) is 0 Å². The molecule has 17 heavy (non-hydrogen) atoms. The van der Waals surface area contributed by atoms with Gasteiger partial charge in [-0.3, -0.25) is 4.98 Å². The van der Waals surface area contributed by atoms with Crippen LogP contribution in [-0.2, 0) is 0 Å². The first-order valence-electron chi connectivity index (χ1n) is 4.81. The van der Waals surface area contributed by atoms with E-state index in [2.05, 4.69) is 20.9 Å². The predicted octanol–water partition coefficient (Wildman–Crippen LogP) is 4.74. The summed E-state index contributed by atoms with van der Waals surface area (Å²) in [6, 6.07) is 4.26. The van der Waals surface area contributed by atoms with Crippen LogP contribution in [0.15, 0.2) is 35.1 Å². The lowest BCUT2D eigenvalue weighted by atomic mass is 10.3. The van der Waals surface area contributed by atoms with Gasteiger partial charge in [0.1, 0.15) is 5.75 Å². The number of pyridine rings is 1. The van der Waals surface area contributed by atoms with Gasteiger partial charge in [0.2, 0.25) is 0 Å². The number of nitrogens with zero attached hydrogens (tertiary/aromatic N) is 1. The Balaban J connectivity index is 2.35. The van der Waals surface area contributed by atoms with Crippen molar-refractivity contribution in [2.45, 2.75) is 6.92 Å². The second-order valence-corrected chi connectivity index (χ2v) is 4.71.